The summed E-state index contributed by atoms with van der Waals surface area (Å²) < 4.78 is 13.0. The monoisotopic (exact) mass is 564 g/mol. The number of nitrogens with zero attached hydrogens (tertiary/aromatic N) is 1. The molecule has 3 atom stereocenters. The number of aliphatic hydroxyl groups excluding tert-OH is 1. The van der Waals surface area contributed by atoms with E-state index >= 15 is 0 Å². The molecule has 222 valence electrons. The van der Waals surface area contributed by atoms with E-state index in [-0.39, 0.29) is 31.1 Å². The highest BCUT2D eigenvalue weighted by atomic mass is 16.7. The minimum absolute atomic E-state index is 0.00563. The van der Waals surface area contributed by atoms with Crippen molar-refractivity contribution in [2.75, 3.05) is 18.4 Å². The standard InChI is InChI=1S/C33H44N2O6/c1-2-20-35(28-8-6-7-9-28)22-29-21-30(25-14-12-24(23-36)13-15-25)41-33(40-29)26-16-18-27(19-17-26)34-31(37)10-4-3-5-11-32(38)39/h2,12-19,28-30,33,36H,1,3-11,20-23H2,(H,34,37)(H,38,39)/t29-,30+,33+/m1/s1. The van der Waals surface area contributed by atoms with Crippen molar-refractivity contribution >= 4 is 17.6 Å². The molecular formula is C33H44N2O6. The highest BCUT2D eigenvalue weighted by molar-refractivity contribution is 5.90. The molecular weight excluding hydrogens is 520 g/mol. The molecule has 2 aliphatic rings. The second-order valence-electron chi connectivity index (χ2n) is 11.2. The van der Waals surface area contributed by atoms with Gasteiger partial charge in [0.15, 0.2) is 6.29 Å². The number of carbonyl (C=O) groups is 2. The summed E-state index contributed by atoms with van der Waals surface area (Å²) in [6.07, 6.45) is 9.38. The molecule has 0 radical (unpaired) electrons. The minimum atomic E-state index is -0.805. The number of benzene rings is 2. The van der Waals surface area contributed by atoms with E-state index in [0.29, 0.717) is 37.4 Å². The van der Waals surface area contributed by atoms with Crippen LogP contribution >= 0.6 is 0 Å². The lowest BCUT2D eigenvalue weighted by Crippen LogP contribution is -2.43. The van der Waals surface area contributed by atoms with E-state index in [2.05, 4.69) is 16.8 Å². The third-order valence-electron chi connectivity index (χ3n) is 8.02. The van der Waals surface area contributed by atoms with Crippen molar-refractivity contribution in [2.24, 2.45) is 0 Å². The Morgan fingerprint density at radius 1 is 0.951 bits per heavy atom. The van der Waals surface area contributed by atoms with Gasteiger partial charge in [-0.15, -0.1) is 6.58 Å². The summed E-state index contributed by atoms with van der Waals surface area (Å²) in [6, 6.07) is 16.1. The number of hydrogen-bond donors (Lipinski definition) is 3. The molecule has 1 heterocycles. The number of rotatable bonds is 15. The number of anilines is 1. The summed E-state index contributed by atoms with van der Waals surface area (Å²) in [5, 5.41) is 21.1. The molecule has 3 N–H and O–H groups in total. The summed E-state index contributed by atoms with van der Waals surface area (Å²) >= 11 is 0. The maximum Gasteiger partial charge on any atom is 0.303 e. The predicted octanol–water partition coefficient (Wildman–Crippen LogP) is 6.13. The van der Waals surface area contributed by atoms with Crippen molar-refractivity contribution in [3.05, 3.63) is 77.9 Å². The number of nitrogens with one attached hydrogen (secondary N) is 1. The Bertz CT molecular complexity index is 1110. The first kappa shape index (κ1) is 30.9. The second kappa shape index (κ2) is 15.8. The van der Waals surface area contributed by atoms with E-state index in [1.165, 1.54) is 25.7 Å². The molecule has 2 aromatic rings. The Kier molecular flexibility index (Phi) is 11.9. The topological polar surface area (TPSA) is 108 Å². The zero-order valence-corrected chi connectivity index (χ0v) is 23.9. The van der Waals surface area contributed by atoms with Crippen LogP contribution in [0.4, 0.5) is 5.69 Å². The first-order valence-electron chi connectivity index (χ1n) is 14.9. The van der Waals surface area contributed by atoms with Gasteiger partial charge < -0.3 is 25.0 Å². The second-order valence-corrected chi connectivity index (χ2v) is 11.2. The third-order valence-corrected chi connectivity index (χ3v) is 8.02. The quantitative estimate of drug-likeness (QED) is 0.176. The van der Waals surface area contributed by atoms with Crippen LogP contribution in [0, 0.1) is 0 Å². The fraction of sp³-hybridized carbons (Fsp3) is 0.515. The van der Waals surface area contributed by atoms with E-state index in [1.54, 1.807) is 0 Å². The first-order valence-corrected chi connectivity index (χ1v) is 14.9. The summed E-state index contributed by atoms with van der Waals surface area (Å²) in [7, 11) is 0. The molecule has 2 fully saturated rings. The van der Waals surface area contributed by atoms with Gasteiger partial charge in [0.05, 0.1) is 18.8 Å². The molecule has 1 saturated heterocycles. The average Bonchev–Trinajstić information content (AvgIpc) is 3.52. The number of ether oxygens (including phenoxy) is 2. The minimum Gasteiger partial charge on any atom is -0.481 e. The fourth-order valence-electron chi connectivity index (χ4n) is 5.79. The zero-order chi connectivity index (χ0) is 29.0. The molecule has 2 aromatic carbocycles. The van der Waals surface area contributed by atoms with Gasteiger partial charge in [-0.05, 0) is 48.9 Å². The highest BCUT2D eigenvalue weighted by Gasteiger charge is 2.34. The number of aliphatic carboxylic acids is 1. The van der Waals surface area contributed by atoms with Crippen LogP contribution in [0.2, 0.25) is 0 Å². The first-order chi connectivity index (χ1) is 19.9. The lowest BCUT2D eigenvalue weighted by Gasteiger charge is -2.39. The van der Waals surface area contributed by atoms with Crippen LogP contribution < -0.4 is 5.32 Å². The summed E-state index contributed by atoms with van der Waals surface area (Å²) in [5.41, 5.74) is 3.51. The van der Waals surface area contributed by atoms with Crippen molar-refractivity contribution in [3.63, 3.8) is 0 Å². The van der Waals surface area contributed by atoms with E-state index in [1.807, 2.05) is 54.6 Å². The van der Waals surface area contributed by atoms with Crippen LogP contribution in [0.1, 0.15) is 93.3 Å². The van der Waals surface area contributed by atoms with Crippen molar-refractivity contribution in [3.8, 4) is 0 Å². The molecule has 1 amide bonds. The van der Waals surface area contributed by atoms with Gasteiger partial charge in [-0.2, -0.15) is 0 Å². The Labute approximate surface area is 243 Å². The average molecular weight is 565 g/mol. The third kappa shape index (κ3) is 9.50. The van der Waals surface area contributed by atoms with Gasteiger partial charge in [-0.3, -0.25) is 14.5 Å². The molecule has 0 bridgehead atoms. The summed E-state index contributed by atoms with van der Waals surface area (Å²) in [5.74, 6) is -0.889. The van der Waals surface area contributed by atoms with Gasteiger partial charge in [0.2, 0.25) is 5.91 Å². The number of carboxylic acids is 1. The number of unbranched alkanes of at least 4 members (excludes halogenated alkanes) is 2. The van der Waals surface area contributed by atoms with Gasteiger partial charge >= 0.3 is 5.97 Å². The molecule has 0 unspecified atom stereocenters. The Morgan fingerprint density at radius 3 is 2.29 bits per heavy atom. The smallest absolute Gasteiger partial charge is 0.303 e. The lowest BCUT2D eigenvalue weighted by atomic mass is 9.99. The van der Waals surface area contributed by atoms with Crippen molar-refractivity contribution < 1.29 is 29.3 Å². The van der Waals surface area contributed by atoms with E-state index in [0.717, 1.165) is 36.2 Å². The Morgan fingerprint density at radius 2 is 1.63 bits per heavy atom. The fourth-order valence-corrected chi connectivity index (χ4v) is 5.79. The molecule has 1 aliphatic carbocycles. The van der Waals surface area contributed by atoms with Crippen LogP contribution in [0.5, 0.6) is 0 Å². The van der Waals surface area contributed by atoms with Gasteiger partial charge in [-0.25, -0.2) is 0 Å². The van der Waals surface area contributed by atoms with Crippen molar-refractivity contribution in [1.82, 2.24) is 4.90 Å². The molecule has 1 aliphatic heterocycles. The van der Waals surface area contributed by atoms with Gasteiger partial charge in [0, 0.05) is 49.6 Å². The number of carboxylic acid groups (broad SMARTS) is 1. The molecule has 0 aromatic heterocycles. The maximum atomic E-state index is 12.3. The molecule has 8 nitrogen and oxygen atoms in total. The van der Waals surface area contributed by atoms with Gasteiger partial charge in [-0.1, -0.05) is 61.7 Å². The molecule has 0 spiro atoms. The number of carbonyl (C=O) groups excluding carboxylic acids is 1. The highest BCUT2D eigenvalue weighted by Crippen LogP contribution is 2.39. The van der Waals surface area contributed by atoms with Crippen LogP contribution in [-0.4, -0.2) is 52.2 Å². The van der Waals surface area contributed by atoms with Crippen LogP contribution in [0.25, 0.3) is 0 Å². The molecule has 41 heavy (non-hydrogen) atoms. The summed E-state index contributed by atoms with van der Waals surface area (Å²) in [4.78, 5) is 25.5. The van der Waals surface area contributed by atoms with Gasteiger partial charge in [0.1, 0.15) is 0 Å². The lowest BCUT2D eigenvalue weighted by molar-refractivity contribution is -0.253. The van der Waals surface area contributed by atoms with Gasteiger partial charge in [0.25, 0.3) is 0 Å². The predicted molar refractivity (Wildman–Crippen MR) is 158 cm³/mol. The SMILES string of the molecule is C=CCN(C[C@H]1C[C@@H](c2ccc(CO)cc2)O[C@@H](c2ccc(NC(=O)CCCCCC(=O)O)cc2)O1)C1CCCC1. The maximum absolute atomic E-state index is 12.3. The van der Waals surface area contributed by atoms with E-state index in [9.17, 15) is 14.7 Å². The largest absolute Gasteiger partial charge is 0.481 e. The molecule has 8 heteroatoms. The molecule has 1 saturated carbocycles. The Hall–Kier alpha value is -3.04. The number of aliphatic hydroxyl groups is 1. The molecule has 4 rings (SSSR count). The van der Waals surface area contributed by atoms with E-state index in [4.69, 9.17) is 14.6 Å². The van der Waals surface area contributed by atoms with Crippen LogP contribution in [0.15, 0.2) is 61.2 Å². The number of amides is 1. The number of hydrogen-bond acceptors (Lipinski definition) is 6. The summed E-state index contributed by atoms with van der Waals surface area (Å²) in [6.45, 7) is 5.63. The van der Waals surface area contributed by atoms with Crippen LogP contribution in [0.3, 0.4) is 0 Å². The van der Waals surface area contributed by atoms with Crippen LogP contribution in [-0.2, 0) is 25.7 Å². The Balaban J connectivity index is 1.41. The van der Waals surface area contributed by atoms with Crippen molar-refractivity contribution in [1.29, 1.82) is 0 Å². The van der Waals surface area contributed by atoms with E-state index < -0.39 is 12.3 Å². The van der Waals surface area contributed by atoms with Crippen molar-refractivity contribution in [2.45, 2.75) is 95.4 Å². The normalized spacial score (nSPS) is 21.2. The zero-order valence-electron chi connectivity index (χ0n) is 23.9.